The van der Waals surface area contributed by atoms with Gasteiger partial charge in [-0.3, -0.25) is 0 Å². The van der Waals surface area contributed by atoms with Crippen LogP contribution in [0.15, 0.2) is 10.3 Å². The van der Waals surface area contributed by atoms with Crippen LogP contribution in [0.1, 0.15) is 0 Å². The summed E-state index contributed by atoms with van der Waals surface area (Å²) in [6, 6.07) is 0. The Bertz CT molecular complexity index is 258. The highest BCUT2D eigenvalue weighted by atomic mass is 32.2. The average molecular weight is 166 g/mol. The van der Waals surface area contributed by atoms with E-state index in [2.05, 4.69) is 15.5 Å². The van der Waals surface area contributed by atoms with Crippen molar-refractivity contribution in [2.75, 3.05) is 13.1 Å². The van der Waals surface area contributed by atoms with Gasteiger partial charge in [0.25, 0.3) is 0 Å². The number of rotatable bonds is 1. The van der Waals surface area contributed by atoms with Crippen LogP contribution >= 0.6 is 0 Å². The second-order valence-electron chi connectivity index (χ2n) is 1.83. The topological polar surface area (TPSA) is 108 Å². The second-order valence-corrected chi connectivity index (χ2v) is 3.43. The summed E-state index contributed by atoms with van der Waals surface area (Å²) in [7, 11) is -4.18. The third-order valence-electron chi connectivity index (χ3n) is 1.08. The van der Waals surface area contributed by atoms with E-state index in [-0.39, 0.29) is 13.1 Å². The lowest BCUT2D eigenvalue weighted by molar-refractivity contribution is -0.753. The normalized spacial score (nSPS) is 33.0. The molecule has 0 aromatic carbocycles. The van der Waals surface area contributed by atoms with Gasteiger partial charge in [0.05, 0.1) is 0 Å². The minimum absolute atomic E-state index is 0.111. The SMILES string of the molecule is NS(=O)(=O)[N+]1([O-])CCN=N1. The fourth-order valence-electron chi connectivity index (χ4n) is 0.535. The van der Waals surface area contributed by atoms with Crippen molar-refractivity contribution in [3.8, 4) is 0 Å². The molecule has 1 unspecified atom stereocenters. The first kappa shape index (κ1) is 7.54. The molecule has 7 nitrogen and oxygen atoms in total. The van der Waals surface area contributed by atoms with Gasteiger partial charge in [-0.1, -0.05) is 4.16 Å². The van der Waals surface area contributed by atoms with Crippen LogP contribution < -0.4 is 5.14 Å². The molecule has 0 saturated heterocycles. The number of hydroxylamine groups is 1. The summed E-state index contributed by atoms with van der Waals surface area (Å²) in [6.45, 7) is -0.112. The summed E-state index contributed by atoms with van der Waals surface area (Å²) in [6.07, 6.45) is 0. The molecule has 0 amide bonds. The van der Waals surface area contributed by atoms with Gasteiger partial charge in [-0.2, -0.15) is 13.6 Å². The first-order chi connectivity index (χ1) is 4.46. The highest BCUT2D eigenvalue weighted by molar-refractivity contribution is 7.83. The molecule has 0 spiro atoms. The van der Waals surface area contributed by atoms with E-state index in [4.69, 9.17) is 0 Å². The molecule has 0 aromatic heterocycles. The van der Waals surface area contributed by atoms with E-state index in [1.54, 1.807) is 0 Å². The Balaban J connectivity index is 3.01. The maximum Gasteiger partial charge on any atom is 0.393 e. The van der Waals surface area contributed by atoms with Gasteiger partial charge in [0, 0.05) is 5.22 Å². The third kappa shape index (κ3) is 1.01. The lowest BCUT2D eigenvalue weighted by atomic mass is 10.7. The smallest absolute Gasteiger partial charge is 0.393 e. The van der Waals surface area contributed by atoms with Crippen LogP contribution in [0, 0.1) is 5.21 Å². The maximum absolute atomic E-state index is 10.9. The lowest BCUT2D eigenvalue weighted by Crippen LogP contribution is -2.45. The summed E-state index contributed by atoms with van der Waals surface area (Å²) in [4.78, 5) is 0. The molecule has 0 aromatic rings. The first-order valence-electron chi connectivity index (χ1n) is 2.47. The Morgan fingerprint density at radius 1 is 1.60 bits per heavy atom. The number of quaternary nitrogens is 1. The fourth-order valence-corrected chi connectivity index (χ4v) is 1.02. The van der Waals surface area contributed by atoms with E-state index >= 15 is 0 Å². The Hall–Kier alpha value is -0.570. The molecule has 1 aliphatic rings. The van der Waals surface area contributed by atoms with Gasteiger partial charge in [-0.05, 0) is 0 Å². The molecule has 10 heavy (non-hydrogen) atoms. The van der Waals surface area contributed by atoms with E-state index in [1.165, 1.54) is 0 Å². The standard InChI is InChI=1S/C2H6N4O3S/c3-10(8,9)6(7)2-1-4-5-6/h1-2H2,(H2,3,8,9). The number of nitrogens with zero attached hydrogens (tertiary/aromatic N) is 3. The first-order valence-corrected chi connectivity index (χ1v) is 3.97. The molecule has 0 aliphatic carbocycles. The molecule has 1 rings (SSSR count). The quantitative estimate of drug-likeness (QED) is 0.393. The van der Waals surface area contributed by atoms with Gasteiger partial charge in [0.2, 0.25) is 0 Å². The zero-order chi connectivity index (χ0) is 7.83. The Morgan fingerprint density at radius 3 is 2.40 bits per heavy atom. The predicted octanol–water partition coefficient (Wildman–Crippen LogP) is -1.11. The molecule has 1 heterocycles. The third-order valence-corrected chi connectivity index (χ3v) is 2.13. The minimum atomic E-state index is -4.18. The predicted molar refractivity (Wildman–Crippen MR) is 31.3 cm³/mol. The largest absolute Gasteiger partial charge is 0.587 e. The van der Waals surface area contributed by atoms with Crippen LogP contribution in [0.2, 0.25) is 0 Å². The summed E-state index contributed by atoms with van der Waals surface area (Å²) >= 11 is 0. The molecular weight excluding hydrogens is 160 g/mol. The molecular formula is C2H6N4O3S. The Morgan fingerprint density at radius 2 is 2.20 bits per heavy atom. The van der Waals surface area contributed by atoms with Gasteiger partial charge in [0.1, 0.15) is 13.1 Å². The van der Waals surface area contributed by atoms with Crippen molar-refractivity contribution >= 4 is 10.2 Å². The maximum atomic E-state index is 10.9. The van der Waals surface area contributed by atoms with E-state index in [1.807, 2.05) is 0 Å². The second kappa shape index (κ2) is 1.95. The van der Waals surface area contributed by atoms with Crippen LogP contribution in [0.5, 0.6) is 0 Å². The van der Waals surface area contributed by atoms with Crippen molar-refractivity contribution in [3.63, 3.8) is 0 Å². The molecule has 1 atom stereocenters. The monoisotopic (exact) mass is 166 g/mol. The summed E-state index contributed by atoms with van der Waals surface area (Å²) < 4.78 is 19.1. The van der Waals surface area contributed by atoms with Crippen molar-refractivity contribution < 1.29 is 12.6 Å². The summed E-state index contributed by atoms with van der Waals surface area (Å²) in [5, 5.41) is 21.6. The fraction of sp³-hybridized carbons (Fsp3) is 1.00. The number of hydrogen-bond donors (Lipinski definition) is 1. The van der Waals surface area contributed by atoms with Gasteiger partial charge >= 0.3 is 10.2 Å². The van der Waals surface area contributed by atoms with Crippen molar-refractivity contribution in [1.82, 2.24) is 0 Å². The van der Waals surface area contributed by atoms with Crippen molar-refractivity contribution in [3.05, 3.63) is 5.21 Å². The Kier molecular flexibility index (Phi) is 1.47. The van der Waals surface area contributed by atoms with Crippen LogP contribution in [0.25, 0.3) is 0 Å². The number of hydrogen-bond acceptors (Lipinski definition) is 5. The molecule has 8 heteroatoms. The van der Waals surface area contributed by atoms with Gasteiger partial charge in [-0.15, -0.1) is 5.11 Å². The minimum Gasteiger partial charge on any atom is -0.587 e. The molecule has 1 aliphatic heterocycles. The molecule has 58 valence electrons. The molecule has 0 fully saturated rings. The van der Waals surface area contributed by atoms with Crippen molar-refractivity contribution in [2.24, 2.45) is 15.5 Å². The van der Waals surface area contributed by atoms with Crippen LogP contribution in [-0.2, 0) is 10.2 Å². The van der Waals surface area contributed by atoms with Gasteiger partial charge in [-0.25, -0.2) is 0 Å². The van der Waals surface area contributed by atoms with Crippen LogP contribution in [-0.4, -0.2) is 25.7 Å². The van der Waals surface area contributed by atoms with Crippen LogP contribution in [0.3, 0.4) is 0 Å². The van der Waals surface area contributed by atoms with Crippen LogP contribution in [0.4, 0.5) is 0 Å². The average Bonchev–Trinajstić information content (AvgIpc) is 2.13. The summed E-state index contributed by atoms with van der Waals surface area (Å²) in [5.74, 6) is 0. The van der Waals surface area contributed by atoms with Gasteiger partial charge < -0.3 is 5.21 Å². The van der Waals surface area contributed by atoms with E-state index in [0.717, 1.165) is 0 Å². The Labute approximate surface area is 57.5 Å². The molecule has 0 radical (unpaired) electrons. The van der Waals surface area contributed by atoms with Crippen molar-refractivity contribution in [2.45, 2.75) is 0 Å². The van der Waals surface area contributed by atoms with Gasteiger partial charge in [0.15, 0.2) is 0 Å². The van der Waals surface area contributed by atoms with E-state index < -0.39 is 14.4 Å². The molecule has 0 saturated carbocycles. The van der Waals surface area contributed by atoms with Crippen molar-refractivity contribution in [1.29, 1.82) is 0 Å². The highest BCUT2D eigenvalue weighted by Crippen LogP contribution is 2.15. The summed E-state index contributed by atoms with van der Waals surface area (Å²) in [5.41, 5.74) is 0. The zero-order valence-corrected chi connectivity index (χ0v) is 5.78. The highest BCUT2D eigenvalue weighted by Gasteiger charge is 2.34. The zero-order valence-electron chi connectivity index (χ0n) is 4.97. The van der Waals surface area contributed by atoms with E-state index in [9.17, 15) is 13.6 Å². The van der Waals surface area contributed by atoms with E-state index in [0.29, 0.717) is 0 Å². The molecule has 2 N–H and O–H groups in total. The molecule has 0 bridgehead atoms. The lowest BCUT2D eigenvalue weighted by Gasteiger charge is -2.24. The number of nitrogens with two attached hydrogens (primary N) is 1.